The van der Waals surface area contributed by atoms with Gasteiger partial charge in [-0.3, -0.25) is 0 Å². The number of amides is 2. The zero-order valence-corrected chi connectivity index (χ0v) is 11.2. The van der Waals surface area contributed by atoms with Crippen LogP contribution in [0.3, 0.4) is 0 Å². The van der Waals surface area contributed by atoms with Gasteiger partial charge >= 0.3 is 6.03 Å². The van der Waals surface area contributed by atoms with Gasteiger partial charge in [-0.1, -0.05) is 21.4 Å². The maximum atomic E-state index is 12.2. The standard InChI is InChI=1S/C14H14ClN3O/c15-11-5-7-12(8-6-11)18-13(19)16-14(17-18,9-1-2-9)10-3-4-10/h5-10H,1-4H2/p+1. The van der Waals surface area contributed by atoms with Gasteiger partial charge in [0.15, 0.2) is 5.69 Å². The lowest BCUT2D eigenvalue weighted by Gasteiger charge is -2.17. The molecule has 2 fully saturated rings. The number of carbonyl (C=O) groups excluding carboxylic acids is 1. The van der Waals surface area contributed by atoms with E-state index in [-0.39, 0.29) is 11.7 Å². The molecule has 0 radical (unpaired) electrons. The maximum absolute atomic E-state index is 12.2. The number of azo groups is 2. The third-order valence-corrected chi connectivity index (χ3v) is 4.49. The zero-order chi connectivity index (χ0) is 13.0. The molecule has 0 spiro atoms. The van der Waals surface area contributed by atoms with Gasteiger partial charge in [0, 0.05) is 16.9 Å². The SMILES string of the molecule is O=C1NC(C2CC2)(C2CC2)N=[N+]1c1ccc(Cl)cc1. The summed E-state index contributed by atoms with van der Waals surface area (Å²) in [6.07, 6.45) is 4.70. The summed E-state index contributed by atoms with van der Waals surface area (Å²) in [6, 6.07) is 7.13. The molecule has 1 aromatic rings. The van der Waals surface area contributed by atoms with Crippen LogP contribution in [0.2, 0.25) is 5.02 Å². The number of benzene rings is 1. The van der Waals surface area contributed by atoms with Crippen molar-refractivity contribution in [3.8, 4) is 0 Å². The molecule has 0 aromatic heterocycles. The Morgan fingerprint density at radius 2 is 1.74 bits per heavy atom. The molecule has 1 N–H and O–H groups in total. The van der Waals surface area contributed by atoms with Crippen molar-refractivity contribution in [2.45, 2.75) is 31.3 Å². The minimum absolute atomic E-state index is 0.110. The average Bonchev–Trinajstić information content (AvgIpc) is 3.27. The first kappa shape index (κ1) is 11.4. The number of nitrogens with zero attached hydrogens (tertiary/aromatic N) is 2. The second-order valence-electron chi connectivity index (χ2n) is 5.69. The van der Waals surface area contributed by atoms with Crippen molar-refractivity contribution in [1.29, 1.82) is 0 Å². The van der Waals surface area contributed by atoms with Crippen LogP contribution in [0.4, 0.5) is 10.5 Å². The molecule has 1 aliphatic heterocycles. The lowest BCUT2D eigenvalue weighted by molar-refractivity contribution is -0.404. The fourth-order valence-corrected chi connectivity index (χ4v) is 3.09. The van der Waals surface area contributed by atoms with E-state index >= 15 is 0 Å². The van der Waals surface area contributed by atoms with E-state index in [0.29, 0.717) is 16.9 Å². The lowest BCUT2D eigenvalue weighted by Crippen LogP contribution is -2.46. The van der Waals surface area contributed by atoms with Crippen molar-refractivity contribution >= 4 is 23.3 Å². The first-order valence-electron chi connectivity index (χ1n) is 6.80. The first-order chi connectivity index (χ1) is 9.19. The van der Waals surface area contributed by atoms with Gasteiger partial charge in [0.2, 0.25) is 5.66 Å². The second-order valence-corrected chi connectivity index (χ2v) is 6.13. The van der Waals surface area contributed by atoms with Crippen molar-refractivity contribution in [2.24, 2.45) is 17.0 Å². The Bertz CT molecular complexity index is 561. The highest BCUT2D eigenvalue weighted by Crippen LogP contribution is 2.54. The van der Waals surface area contributed by atoms with Crippen LogP contribution in [-0.2, 0) is 0 Å². The van der Waals surface area contributed by atoms with Gasteiger partial charge < -0.3 is 0 Å². The monoisotopic (exact) mass is 276 g/mol. The highest BCUT2D eigenvalue weighted by Gasteiger charge is 2.64. The molecule has 0 saturated heterocycles. The minimum Gasteiger partial charge on any atom is -0.207 e. The van der Waals surface area contributed by atoms with E-state index in [1.165, 1.54) is 30.4 Å². The van der Waals surface area contributed by atoms with Gasteiger partial charge in [0.05, 0.1) is 0 Å². The maximum Gasteiger partial charge on any atom is 0.519 e. The van der Waals surface area contributed by atoms with Crippen LogP contribution < -0.4 is 5.32 Å². The van der Waals surface area contributed by atoms with Crippen LogP contribution in [0.15, 0.2) is 29.4 Å². The molecular weight excluding hydrogens is 262 g/mol. The Labute approximate surface area is 116 Å². The molecule has 4 rings (SSSR count). The predicted molar refractivity (Wildman–Crippen MR) is 70.5 cm³/mol. The Hall–Kier alpha value is -1.42. The molecule has 0 unspecified atom stereocenters. The van der Waals surface area contributed by atoms with E-state index < -0.39 is 0 Å². The molecule has 0 bridgehead atoms. The van der Waals surface area contributed by atoms with E-state index in [1.807, 2.05) is 12.1 Å². The van der Waals surface area contributed by atoms with Crippen molar-refractivity contribution in [1.82, 2.24) is 5.32 Å². The Morgan fingerprint density at radius 1 is 1.16 bits per heavy atom. The molecule has 2 aliphatic carbocycles. The number of hydrogen-bond acceptors (Lipinski definition) is 2. The predicted octanol–water partition coefficient (Wildman–Crippen LogP) is 3.68. The van der Waals surface area contributed by atoms with Crippen LogP contribution in [-0.4, -0.2) is 16.4 Å². The van der Waals surface area contributed by atoms with Crippen molar-refractivity contribution in [2.75, 3.05) is 0 Å². The summed E-state index contributed by atoms with van der Waals surface area (Å²) in [4.78, 5) is 12.2. The largest absolute Gasteiger partial charge is 0.519 e. The molecule has 0 atom stereocenters. The Balaban J connectivity index is 1.74. The van der Waals surface area contributed by atoms with Gasteiger partial charge in [-0.05, 0) is 49.9 Å². The van der Waals surface area contributed by atoms with Crippen molar-refractivity contribution in [3.05, 3.63) is 29.3 Å². The third-order valence-electron chi connectivity index (χ3n) is 4.24. The van der Waals surface area contributed by atoms with E-state index in [1.54, 1.807) is 12.1 Å². The lowest BCUT2D eigenvalue weighted by atomic mass is 10.00. The molecule has 1 heterocycles. The Kier molecular flexibility index (Phi) is 2.28. The summed E-state index contributed by atoms with van der Waals surface area (Å²) < 4.78 is 1.51. The summed E-state index contributed by atoms with van der Waals surface area (Å²) in [5.74, 6) is 1.06. The topological polar surface area (TPSA) is 44.5 Å². The number of urea groups is 1. The summed E-state index contributed by atoms with van der Waals surface area (Å²) in [5.41, 5.74) is 0.460. The van der Waals surface area contributed by atoms with Gasteiger partial charge in [-0.2, -0.15) is 4.79 Å². The molecule has 19 heavy (non-hydrogen) atoms. The van der Waals surface area contributed by atoms with Crippen molar-refractivity contribution in [3.63, 3.8) is 0 Å². The van der Waals surface area contributed by atoms with Gasteiger partial charge in [-0.15, -0.1) is 0 Å². The fourth-order valence-electron chi connectivity index (χ4n) is 2.97. The molecule has 2 saturated carbocycles. The summed E-state index contributed by atoms with van der Waals surface area (Å²) in [7, 11) is 0. The highest BCUT2D eigenvalue weighted by atomic mass is 35.5. The summed E-state index contributed by atoms with van der Waals surface area (Å²) in [6.45, 7) is 0. The molecular formula is C14H15ClN3O+. The van der Waals surface area contributed by atoms with E-state index in [0.717, 1.165) is 5.69 Å². The zero-order valence-electron chi connectivity index (χ0n) is 10.5. The van der Waals surface area contributed by atoms with E-state index in [9.17, 15) is 4.79 Å². The fraction of sp³-hybridized carbons (Fsp3) is 0.500. The van der Waals surface area contributed by atoms with Crippen LogP contribution >= 0.6 is 11.6 Å². The number of halogens is 1. The minimum atomic E-state index is -0.323. The van der Waals surface area contributed by atoms with Gasteiger partial charge in [0.1, 0.15) is 0 Å². The second kappa shape index (κ2) is 3.79. The van der Waals surface area contributed by atoms with E-state index in [4.69, 9.17) is 16.7 Å². The van der Waals surface area contributed by atoms with Crippen LogP contribution in [0.5, 0.6) is 0 Å². The molecule has 1 aromatic carbocycles. The van der Waals surface area contributed by atoms with Gasteiger partial charge in [0.25, 0.3) is 0 Å². The number of carbonyl (C=O) groups is 1. The summed E-state index contributed by atoms with van der Waals surface area (Å²) in [5, 5.41) is 8.56. The molecule has 4 nitrogen and oxygen atoms in total. The highest BCUT2D eigenvalue weighted by molar-refractivity contribution is 6.30. The van der Waals surface area contributed by atoms with Crippen molar-refractivity contribution < 1.29 is 9.49 Å². The molecule has 2 amide bonds. The first-order valence-corrected chi connectivity index (χ1v) is 7.17. The van der Waals surface area contributed by atoms with E-state index in [2.05, 4.69) is 5.32 Å². The number of rotatable bonds is 3. The smallest absolute Gasteiger partial charge is 0.207 e. The van der Waals surface area contributed by atoms with Gasteiger partial charge in [-0.25, -0.2) is 5.32 Å². The number of hydrogen-bond donors (Lipinski definition) is 1. The van der Waals surface area contributed by atoms with Crippen LogP contribution in [0, 0.1) is 11.8 Å². The molecule has 3 aliphatic rings. The quantitative estimate of drug-likeness (QED) is 0.841. The van der Waals surface area contributed by atoms with Crippen LogP contribution in [0.25, 0.3) is 0 Å². The molecule has 98 valence electrons. The molecule has 5 heteroatoms. The van der Waals surface area contributed by atoms with Crippen LogP contribution in [0.1, 0.15) is 25.7 Å². The Morgan fingerprint density at radius 3 is 2.26 bits per heavy atom. The average molecular weight is 277 g/mol. The third kappa shape index (κ3) is 1.77. The number of nitrogens with one attached hydrogen (secondary N) is 1. The normalized spacial score (nSPS) is 25.1. The summed E-state index contributed by atoms with van der Waals surface area (Å²) >= 11 is 5.88.